The van der Waals surface area contributed by atoms with Crippen LogP contribution in [0.2, 0.25) is 0 Å². The number of halogens is 3. The summed E-state index contributed by atoms with van der Waals surface area (Å²) in [5.41, 5.74) is 0.395. The second kappa shape index (κ2) is 5.57. The lowest BCUT2D eigenvalue weighted by Crippen LogP contribution is -2.27. The first-order valence-corrected chi connectivity index (χ1v) is 5.45. The fourth-order valence-corrected chi connectivity index (χ4v) is 1.13. The Balaban J connectivity index is 2.95. The molecule has 0 fully saturated rings. The Morgan fingerprint density at radius 3 is 2.42 bits per heavy atom. The summed E-state index contributed by atoms with van der Waals surface area (Å²) < 4.78 is 37.8. The summed E-state index contributed by atoms with van der Waals surface area (Å²) in [6.07, 6.45) is -4.59. The smallest absolute Gasteiger partial charge is 0.396 e. The van der Waals surface area contributed by atoms with Crippen molar-refractivity contribution < 1.29 is 18.3 Å². The van der Waals surface area contributed by atoms with Gasteiger partial charge in [0.2, 0.25) is 5.95 Å². The standard InChI is InChI=1S/C10H16F3N5O/c1-9(2,5-19)4-15-7-3-6(10(11,12)13)16-8(17-7)18-14/h3,19H,4-5,14H2,1-2H3,(H2,15,16,17,18). The van der Waals surface area contributed by atoms with Crippen molar-refractivity contribution in [1.29, 1.82) is 0 Å². The van der Waals surface area contributed by atoms with Gasteiger partial charge in [-0.1, -0.05) is 13.8 Å². The average Bonchev–Trinajstić information content (AvgIpc) is 2.35. The second-order valence-corrected chi connectivity index (χ2v) is 4.78. The lowest BCUT2D eigenvalue weighted by molar-refractivity contribution is -0.141. The maximum Gasteiger partial charge on any atom is 0.433 e. The number of aliphatic hydroxyl groups is 1. The molecule has 0 aliphatic carbocycles. The van der Waals surface area contributed by atoms with Gasteiger partial charge in [0.1, 0.15) is 5.82 Å². The van der Waals surface area contributed by atoms with Crippen LogP contribution in [0.4, 0.5) is 24.9 Å². The molecule has 0 atom stereocenters. The third-order valence-corrected chi connectivity index (χ3v) is 2.32. The number of nitrogens with zero attached hydrogens (tertiary/aromatic N) is 2. The van der Waals surface area contributed by atoms with Crippen LogP contribution in [0.3, 0.4) is 0 Å². The zero-order valence-corrected chi connectivity index (χ0v) is 10.5. The predicted octanol–water partition coefficient (Wildman–Crippen LogP) is 1.21. The first-order valence-electron chi connectivity index (χ1n) is 5.45. The third kappa shape index (κ3) is 4.52. The molecule has 9 heteroatoms. The topological polar surface area (TPSA) is 96.1 Å². The van der Waals surface area contributed by atoms with Crippen LogP contribution in [0.25, 0.3) is 0 Å². The Kier molecular flexibility index (Phi) is 4.53. The number of aliphatic hydroxyl groups excluding tert-OH is 1. The van der Waals surface area contributed by atoms with Crippen LogP contribution < -0.4 is 16.6 Å². The van der Waals surface area contributed by atoms with Crippen LogP contribution >= 0.6 is 0 Å². The summed E-state index contributed by atoms with van der Waals surface area (Å²) in [5, 5.41) is 11.8. The lowest BCUT2D eigenvalue weighted by Gasteiger charge is -2.22. The summed E-state index contributed by atoms with van der Waals surface area (Å²) in [7, 11) is 0. The van der Waals surface area contributed by atoms with Gasteiger partial charge in [0, 0.05) is 24.6 Å². The molecule has 1 heterocycles. The van der Waals surface area contributed by atoms with E-state index < -0.39 is 17.3 Å². The molecule has 0 unspecified atom stereocenters. The molecule has 1 aromatic rings. The van der Waals surface area contributed by atoms with Gasteiger partial charge < -0.3 is 10.4 Å². The zero-order valence-electron chi connectivity index (χ0n) is 10.5. The second-order valence-electron chi connectivity index (χ2n) is 4.78. The number of hydrogen-bond acceptors (Lipinski definition) is 6. The van der Waals surface area contributed by atoms with Gasteiger partial charge >= 0.3 is 6.18 Å². The molecule has 0 bridgehead atoms. The average molecular weight is 279 g/mol. The minimum atomic E-state index is -4.59. The van der Waals surface area contributed by atoms with E-state index in [4.69, 9.17) is 10.9 Å². The number of rotatable bonds is 5. The van der Waals surface area contributed by atoms with E-state index in [9.17, 15) is 13.2 Å². The van der Waals surface area contributed by atoms with Crippen molar-refractivity contribution in [3.63, 3.8) is 0 Å². The van der Waals surface area contributed by atoms with E-state index in [0.29, 0.717) is 0 Å². The molecule has 1 aromatic heterocycles. The fraction of sp³-hybridized carbons (Fsp3) is 0.600. The molecule has 0 saturated carbocycles. The number of nitrogen functional groups attached to an aromatic ring is 1. The van der Waals surface area contributed by atoms with Crippen molar-refractivity contribution in [2.45, 2.75) is 20.0 Å². The summed E-state index contributed by atoms with van der Waals surface area (Å²) in [4.78, 5) is 6.99. The summed E-state index contributed by atoms with van der Waals surface area (Å²) >= 11 is 0. The highest BCUT2D eigenvalue weighted by atomic mass is 19.4. The van der Waals surface area contributed by atoms with Crippen LogP contribution in [0.5, 0.6) is 0 Å². The Morgan fingerprint density at radius 2 is 1.95 bits per heavy atom. The molecule has 0 aliphatic heterocycles. The van der Waals surface area contributed by atoms with Gasteiger partial charge in [0.05, 0.1) is 0 Å². The molecule has 0 spiro atoms. The highest BCUT2D eigenvalue weighted by Crippen LogP contribution is 2.29. The number of hydrogen-bond donors (Lipinski definition) is 4. The van der Waals surface area contributed by atoms with E-state index in [2.05, 4.69) is 15.3 Å². The molecule has 5 N–H and O–H groups in total. The normalized spacial score (nSPS) is 12.4. The van der Waals surface area contributed by atoms with Crippen LogP contribution in [-0.4, -0.2) is 28.2 Å². The van der Waals surface area contributed by atoms with Crippen molar-refractivity contribution in [1.82, 2.24) is 9.97 Å². The maximum absolute atomic E-state index is 12.6. The number of nitrogens with two attached hydrogens (primary N) is 1. The van der Waals surface area contributed by atoms with Gasteiger partial charge in [-0.3, -0.25) is 5.43 Å². The van der Waals surface area contributed by atoms with Crippen molar-refractivity contribution >= 4 is 11.8 Å². The monoisotopic (exact) mass is 279 g/mol. The van der Waals surface area contributed by atoms with Gasteiger partial charge in [0.25, 0.3) is 0 Å². The van der Waals surface area contributed by atoms with Gasteiger partial charge in [0.15, 0.2) is 5.69 Å². The van der Waals surface area contributed by atoms with Gasteiger partial charge in [-0.2, -0.15) is 18.2 Å². The Morgan fingerprint density at radius 1 is 1.32 bits per heavy atom. The maximum atomic E-state index is 12.6. The van der Waals surface area contributed by atoms with Gasteiger partial charge in [-0.05, 0) is 0 Å². The predicted molar refractivity (Wildman–Crippen MR) is 64.2 cm³/mol. The number of hydrazine groups is 1. The first kappa shape index (κ1) is 15.4. The zero-order chi connectivity index (χ0) is 14.7. The van der Waals surface area contributed by atoms with Crippen molar-refractivity contribution in [2.24, 2.45) is 11.3 Å². The van der Waals surface area contributed by atoms with E-state index in [-0.39, 0.29) is 24.9 Å². The lowest BCUT2D eigenvalue weighted by atomic mass is 9.95. The molecule has 0 radical (unpaired) electrons. The molecule has 0 aliphatic rings. The van der Waals surface area contributed by atoms with Crippen molar-refractivity contribution in [2.75, 3.05) is 23.9 Å². The van der Waals surface area contributed by atoms with Crippen molar-refractivity contribution in [3.05, 3.63) is 11.8 Å². The Labute approximate surface area is 108 Å². The highest BCUT2D eigenvalue weighted by molar-refractivity contribution is 5.42. The fourth-order valence-electron chi connectivity index (χ4n) is 1.13. The number of nitrogens with one attached hydrogen (secondary N) is 2. The van der Waals surface area contributed by atoms with E-state index in [1.165, 1.54) is 0 Å². The summed E-state index contributed by atoms with van der Waals surface area (Å²) in [6.45, 7) is 3.66. The number of anilines is 2. The molecule has 0 aromatic carbocycles. The van der Waals surface area contributed by atoms with Gasteiger partial charge in [-0.15, -0.1) is 0 Å². The Bertz CT molecular complexity index is 436. The minimum absolute atomic E-state index is 0.0169. The van der Waals surface area contributed by atoms with E-state index in [1.54, 1.807) is 13.8 Å². The molecule has 0 saturated heterocycles. The van der Waals surface area contributed by atoms with E-state index in [0.717, 1.165) is 6.07 Å². The van der Waals surface area contributed by atoms with Crippen LogP contribution in [0, 0.1) is 5.41 Å². The molecular weight excluding hydrogens is 263 g/mol. The summed E-state index contributed by atoms with van der Waals surface area (Å²) in [5.74, 6) is 4.68. The largest absolute Gasteiger partial charge is 0.433 e. The molecule has 0 amide bonds. The molecule has 108 valence electrons. The molecule has 6 nitrogen and oxygen atoms in total. The van der Waals surface area contributed by atoms with Crippen LogP contribution in [-0.2, 0) is 6.18 Å². The third-order valence-electron chi connectivity index (χ3n) is 2.32. The van der Waals surface area contributed by atoms with Gasteiger partial charge in [-0.25, -0.2) is 10.8 Å². The quantitative estimate of drug-likeness (QED) is 0.478. The minimum Gasteiger partial charge on any atom is -0.396 e. The molecule has 1 rings (SSSR count). The van der Waals surface area contributed by atoms with E-state index >= 15 is 0 Å². The van der Waals surface area contributed by atoms with Crippen LogP contribution in [0.15, 0.2) is 6.07 Å². The highest BCUT2D eigenvalue weighted by Gasteiger charge is 2.33. The molecule has 19 heavy (non-hydrogen) atoms. The first-order chi connectivity index (χ1) is 8.68. The van der Waals surface area contributed by atoms with Crippen LogP contribution in [0.1, 0.15) is 19.5 Å². The Hall–Kier alpha value is -1.61. The SMILES string of the molecule is CC(C)(CO)CNc1cc(C(F)(F)F)nc(NN)n1. The number of aromatic nitrogens is 2. The van der Waals surface area contributed by atoms with Crippen molar-refractivity contribution in [3.8, 4) is 0 Å². The van der Waals surface area contributed by atoms with E-state index in [1.807, 2.05) is 5.43 Å². The summed E-state index contributed by atoms with van der Waals surface area (Å²) in [6, 6.07) is 0.786. The molecular formula is C10H16F3N5O. The number of alkyl halides is 3.